The third-order valence-electron chi connectivity index (χ3n) is 4.43. The molecular formula is C16H21ClN2S. The molecule has 2 aromatic rings. The van der Waals surface area contributed by atoms with Crippen LogP contribution in [0.2, 0.25) is 0 Å². The largest absolute Gasteiger partial charge is 0.325 e. The van der Waals surface area contributed by atoms with Crippen LogP contribution in [0.15, 0.2) is 24.3 Å². The fourth-order valence-corrected chi connectivity index (χ4v) is 4.42. The number of para-hydroxylation sites is 2. The van der Waals surface area contributed by atoms with E-state index in [0.717, 1.165) is 17.9 Å². The van der Waals surface area contributed by atoms with E-state index >= 15 is 0 Å². The first kappa shape index (κ1) is 14.3. The number of imidazole rings is 1. The standard InChI is InChI=1S/C16H21ClN2S/c1-12(17)15-18-13-7-3-4-8-14(13)19(15)11-16(20-2)9-5-6-10-16/h3-4,7-8,12H,5-6,9-11H2,1-2H3. The van der Waals surface area contributed by atoms with Gasteiger partial charge in [-0.05, 0) is 38.2 Å². The first-order valence-corrected chi connectivity index (χ1v) is 8.96. The summed E-state index contributed by atoms with van der Waals surface area (Å²) in [5, 5.41) is -0.0530. The number of hydrogen-bond donors (Lipinski definition) is 0. The molecule has 0 saturated heterocycles. The van der Waals surface area contributed by atoms with Gasteiger partial charge in [0.15, 0.2) is 0 Å². The minimum absolute atomic E-state index is 0.0530. The number of alkyl halides is 1. The van der Waals surface area contributed by atoms with Gasteiger partial charge in [0.2, 0.25) is 0 Å². The van der Waals surface area contributed by atoms with Crippen LogP contribution in [0.3, 0.4) is 0 Å². The molecule has 0 radical (unpaired) electrons. The number of hydrogen-bond acceptors (Lipinski definition) is 2. The van der Waals surface area contributed by atoms with Crippen molar-refractivity contribution in [3.8, 4) is 0 Å². The van der Waals surface area contributed by atoms with Crippen molar-refractivity contribution in [2.45, 2.75) is 49.3 Å². The summed E-state index contributed by atoms with van der Waals surface area (Å²) in [6, 6.07) is 8.37. The van der Waals surface area contributed by atoms with E-state index < -0.39 is 0 Å². The zero-order valence-corrected chi connectivity index (χ0v) is 13.7. The summed E-state index contributed by atoms with van der Waals surface area (Å²) in [7, 11) is 0. The van der Waals surface area contributed by atoms with Gasteiger partial charge in [-0.25, -0.2) is 4.98 Å². The Hall–Kier alpha value is -0.670. The maximum atomic E-state index is 6.36. The van der Waals surface area contributed by atoms with E-state index in [1.54, 1.807) is 0 Å². The van der Waals surface area contributed by atoms with Gasteiger partial charge in [0.1, 0.15) is 5.82 Å². The van der Waals surface area contributed by atoms with Gasteiger partial charge in [-0.1, -0.05) is 25.0 Å². The van der Waals surface area contributed by atoms with Crippen molar-refractivity contribution in [3.63, 3.8) is 0 Å². The molecule has 0 aliphatic heterocycles. The second-order valence-electron chi connectivity index (χ2n) is 5.76. The molecule has 108 valence electrons. The SMILES string of the molecule is CSC1(Cn2c(C(C)Cl)nc3ccccc32)CCCC1. The Morgan fingerprint density at radius 3 is 2.70 bits per heavy atom. The van der Waals surface area contributed by atoms with Crippen molar-refractivity contribution in [2.75, 3.05) is 6.26 Å². The molecule has 1 saturated carbocycles. The quantitative estimate of drug-likeness (QED) is 0.739. The third kappa shape index (κ3) is 2.46. The van der Waals surface area contributed by atoms with Crippen molar-refractivity contribution in [1.29, 1.82) is 0 Å². The minimum Gasteiger partial charge on any atom is -0.325 e. The molecule has 0 bridgehead atoms. The lowest BCUT2D eigenvalue weighted by Gasteiger charge is -2.28. The molecule has 1 aromatic heterocycles. The third-order valence-corrected chi connectivity index (χ3v) is 6.03. The Kier molecular flexibility index (Phi) is 4.00. The molecule has 20 heavy (non-hydrogen) atoms. The molecule has 0 spiro atoms. The highest BCUT2D eigenvalue weighted by Gasteiger charge is 2.34. The highest BCUT2D eigenvalue weighted by molar-refractivity contribution is 8.00. The molecule has 1 atom stereocenters. The highest BCUT2D eigenvalue weighted by Crippen LogP contribution is 2.42. The number of fused-ring (bicyclic) bond motifs is 1. The number of benzene rings is 1. The molecule has 1 aliphatic rings. The fraction of sp³-hybridized carbons (Fsp3) is 0.562. The maximum absolute atomic E-state index is 6.36. The molecule has 0 N–H and O–H groups in total. The summed E-state index contributed by atoms with van der Waals surface area (Å²) < 4.78 is 2.72. The van der Waals surface area contributed by atoms with Gasteiger partial charge >= 0.3 is 0 Å². The average molecular weight is 309 g/mol. The van der Waals surface area contributed by atoms with Crippen LogP contribution in [-0.4, -0.2) is 20.6 Å². The summed E-state index contributed by atoms with van der Waals surface area (Å²) in [4.78, 5) is 4.74. The molecule has 1 heterocycles. The molecule has 0 amide bonds. The van der Waals surface area contributed by atoms with Crippen molar-refractivity contribution in [3.05, 3.63) is 30.1 Å². The van der Waals surface area contributed by atoms with Crippen LogP contribution in [0.5, 0.6) is 0 Å². The first-order valence-electron chi connectivity index (χ1n) is 7.30. The van der Waals surface area contributed by atoms with Crippen molar-refractivity contribution in [1.82, 2.24) is 9.55 Å². The number of halogens is 1. The van der Waals surface area contributed by atoms with Crippen LogP contribution in [0.25, 0.3) is 11.0 Å². The summed E-state index contributed by atoms with van der Waals surface area (Å²) in [5.41, 5.74) is 2.28. The van der Waals surface area contributed by atoms with Crippen molar-refractivity contribution >= 4 is 34.4 Å². The van der Waals surface area contributed by atoms with E-state index in [1.165, 1.54) is 31.2 Å². The molecule has 1 unspecified atom stereocenters. The summed E-state index contributed by atoms with van der Waals surface area (Å²) >= 11 is 8.38. The Bertz CT molecular complexity index is 600. The van der Waals surface area contributed by atoms with E-state index in [-0.39, 0.29) is 5.38 Å². The second kappa shape index (κ2) is 5.61. The van der Waals surface area contributed by atoms with E-state index in [4.69, 9.17) is 16.6 Å². The minimum atomic E-state index is -0.0530. The lowest BCUT2D eigenvalue weighted by Crippen LogP contribution is -2.27. The van der Waals surface area contributed by atoms with Gasteiger partial charge in [0, 0.05) is 11.3 Å². The average Bonchev–Trinajstić information content (AvgIpc) is 3.05. The summed E-state index contributed by atoms with van der Waals surface area (Å²) in [5.74, 6) is 1.01. The number of aromatic nitrogens is 2. The normalized spacial score (nSPS) is 19.6. The Morgan fingerprint density at radius 2 is 2.05 bits per heavy atom. The van der Waals surface area contributed by atoms with Crippen LogP contribution < -0.4 is 0 Å². The van der Waals surface area contributed by atoms with Gasteiger partial charge in [0.25, 0.3) is 0 Å². The van der Waals surface area contributed by atoms with Gasteiger partial charge in [-0.3, -0.25) is 0 Å². The Labute approximate surface area is 129 Å². The van der Waals surface area contributed by atoms with E-state index in [1.807, 2.05) is 24.8 Å². The molecule has 1 aromatic carbocycles. The van der Waals surface area contributed by atoms with E-state index in [2.05, 4.69) is 29.0 Å². The Balaban J connectivity index is 2.07. The van der Waals surface area contributed by atoms with Crippen LogP contribution in [0, 0.1) is 0 Å². The zero-order chi connectivity index (χ0) is 14.2. The fourth-order valence-electron chi connectivity index (χ4n) is 3.30. The van der Waals surface area contributed by atoms with Gasteiger partial charge in [-0.15, -0.1) is 11.6 Å². The zero-order valence-electron chi connectivity index (χ0n) is 12.1. The predicted molar refractivity (Wildman–Crippen MR) is 88.7 cm³/mol. The van der Waals surface area contributed by atoms with Crippen molar-refractivity contribution in [2.24, 2.45) is 0 Å². The molecular weight excluding hydrogens is 288 g/mol. The van der Waals surface area contributed by atoms with E-state index in [0.29, 0.717) is 4.75 Å². The predicted octanol–water partition coefficient (Wildman–Crippen LogP) is 5.01. The smallest absolute Gasteiger partial charge is 0.127 e. The number of rotatable bonds is 4. The summed E-state index contributed by atoms with van der Waals surface area (Å²) in [6.07, 6.45) is 7.54. The van der Waals surface area contributed by atoms with Gasteiger partial charge < -0.3 is 4.57 Å². The Morgan fingerprint density at radius 1 is 1.35 bits per heavy atom. The van der Waals surface area contributed by atoms with Crippen molar-refractivity contribution < 1.29 is 0 Å². The first-order chi connectivity index (χ1) is 9.65. The van der Waals surface area contributed by atoms with E-state index in [9.17, 15) is 0 Å². The molecule has 3 rings (SSSR count). The van der Waals surface area contributed by atoms with Crippen LogP contribution >= 0.6 is 23.4 Å². The lowest BCUT2D eigenvalue weighted by atomic mass is 10.1. The molecule has 1 aliphatic carbocycles. The van der Waals surface area contributed by atoms with Gasteiger partial charge in [0.05, 0.1) is 16.4 Å². The second-order valence-corrected chi connectivity index (χ2v) is 7.68. The number of nitrogens with zero attached hydrogens (tertiary/aromatic N) is 2. The van der Waals surface area contributed by atoms with Gasteiger partial charge in [-0.2, -0.15) is 11.8 Å². The topological polar surface area (TPSA) is 17.8 Å². The summed E-state index contributed by atoms with van der Waals surface area (Å²) in [6.45, 7) is 3.04. The van der Waals surface area contributed by atoms with Crippen LogP contribution in [0.1, 0.15) is 43.8 Å². The molecule has 4 heteroatoms. The highest BCUT2D eigenvalue weighted by atomic mass is 35.5. The maximum Gasteiger partial charge on any atom is 0.127 e. The monoisotopic (exact) mass is 308 g/mol. The van der Waals surface area contributed by atoms with Crippen LogP contribution in [0.4, 0.5) is 0 Å². The molecule has 2 nitrogen and oxygen atoms in total. The lowest BCUT2D eigenvalue weighted by molar-refractivity contribution is 0.501. The number of thioether (sulfide) groups is 1. The molecule has 1 fully saturated rings. The van der Waals surface area contributed by atoms with Crippen LogP contribution in [-0.2, 0) is 6.54 Å².